The van der Waals surface area contributed by atoms with Crippen molar-refractivity contribution in [2.24, 2.45) is 0 Å². The van der Waals surface area contributed by atoms with Crippen LogP contribution in [-0.2, 0) is 19.2 Å². The van der Waals surface area contributed by atoms with E-state index in [0.29, 0.717) is 19.3 Å². The molecule has 0 bridgehead atoms. The zero-order chi connectivity index (χ0) is 11.0. The SMILES string of the molecule is CCCC(=O)OC(CC)CC(=O)OO. The first-order valence-electron chi connectivity index (χ1n) is 4.67. The van der Waals surface area contributed by atoms with Crippen LogP contribution in [0, 0.1) is 0 Å². The summed E-state index contributed by atoms with van der Waals surface area (Å²) in [5.74, 6) is -1.12. The van der Waals surface area contributed by atoms with Gasteiger partial charge in [0.25, 0.3) is 0 Å². The molecule has 0 aromatic rings. The summed E-state index contributed by atoms with van der Waals surface area (Å²) in [5.41, 5.74) is 0. The Morgan fingerprint density at radius 3 is 2.36 bits per heavy atom. The molecule has 0 saturated carbocycles. The lowest BCUT2D eigenvalue weighted by atomic mass is 10.2. The Bertz CT molecular complexity index is 190. The van der Waals surface area contributed by atoms with E-state index in [4.69, 9.17) is 9.99 Å². The van der Waals surface area contributed by atoms with Crippen molar-refractivity contribution in [3.63, 3.8) is 0 Å². The predicted molar refractivity (Wildman–Crippen MR) is 48.4 cm³/mol. The summed E-state index contributed by atoms with van der Waals surface area (Å²) in [6.07, 6.45) is 0.950. The Morgan fingerprint density at radius 1 is 1.29 bits per heavy atom. The number of rotatable bonds is 6. The highest BCUT2D eigenvalue weighted by atomic mass is 17.1. The second-order valence-corrected chi connectivity index (χ2v) is 2.94. The lowest BCUT2D eigenvalue weighted by Gasteiger charge is -2.13. The van der Waals surface area contributed by atoms with E-state index >= 15 is 0 Å². The molecule has 14 heavy (non-hydrogen) atoms. The van der Waals surface area contributed by atoms with Crippen molar-refractivity contribution in [3.05, 3.63) is 0 Å². The number of hydrogen-bond acceptors (Lipinski definition) is 5. The first-order chi connectivity index (χ1) is 6.63. The van der Waals surface area contributed by atoms with Gasteiger partial charge in [-0.25, -0.2) is 4.79 Å². The van der Waals surface area contributed by atoms with E-state index < -0.39 is 12.1 Å². The molecule has 0 aliphatic rings. The van der Waals surface area contributed by atoms with Crippen LogP contribution in [0.3, 0.4) is 0 Å². The molecule has 1 atom stereocenters. The van der Waals surface area contributed by atoms with Gasteiger partial charge in [-0.1, -0.05) is 13.8 Å². The lowest BCUT2D eigenvalue weighted by Crippen LogP contribution is -2.21. The second kappa shape index (κ2) is 7.32. The average molecular weight is 204 g/mol. The third kappa shape index (κ3) is 5.53. The molecule has 82 valence electrons. The Hall–Kier alpha value is -1.10. The van der Waals surface area contributed by atoms with E-state index in [-0.39, 0.29) is 12.4 Å². The highest BCUT2D eigenvalue weighted by Crippen LogP contribution is 2.06. The second-order valence-electron chi connectivity index (χ2n) is 2.94. The van der Waals surface area contributed by atoms with Gasteiger partial charge in [-0.15, -0.1) is 0 Å². The van der Waals surface area contributed by atoms with E-state index in [1.54, 1.807) is 6.92 Å². The first kappa shape index (κ1) is 12.9. The monoisotopic (exact) mass is 204 g/mol. The summed E-state index contributed by atoms with van der Waals surface area (Å²) in [5, 5.41) is 8.03. The maximum absolute atomic E-state index is 11.0. The van der Waals surface area contributed by atoms with Gasteiger partial charge in [0.2, 0.25) is 0 Å². The number of ether oxygens (including phenoxy) is 1. The van der Waals surface area contributed by atoms with Crippen molar-refractivity contribution in [3.8, 4) is 0 Å². The van der Waals surface area contributed by atoms with Gasteiger partial charge >= 0.3 is 11.9 Å². The molecule has 1 unspecified atom stereocenters. The Morgan fingerprint density at radius 2 is 1.93 bits per heavy atom. The van der Waals surface area contributed by atoms with Crippen molar-refractivity contribution in [2.75, 3.05) is 0 Å². The summed E-state index contributed by atoms with van der Waals surface area (Å²) in [6.45, 7) is 3.65. The Kier molecular flexibility index (Phi) is 6.74. The van der Waals surface area contributed by atoms with Crippen LogP contribution < -0.4 is 0 Å². The molecule has 0 spiro atoms. The van der Waals surface area contributed by atoms with Gasteiger partial charge in [0.15, 0.2) is 0 Å². The van der Waals surface area contributed by atoms with E-state index in [1.165, 1.54) is 0 Å². The fourth-order valence-corrected chi connectivity index (χ4v) is 0.941. The Balaban J connectivity index is 3.89. The van der Waals surface area contributed by atoms with Gasteiger partial charge in [0, 0.05) is 6.42 Å². The molecule has 0 rings (SSSR count). The standard InChI is InChI=1S/C9H16O5/c1-3-5-8(10)13-7(4-2)6-9(11)14-12/h7,12H,3-6H2,1-2H3. The van der Waals surface area contributed by atoms with Crippen LogP contribution in [0.15, 0.2) is 0 Å². The number of esters is 1. The zero-order valence-corrected chi connectivity index (χ0v) is 8.49. The van der Waals surface area contributed by atoms with Gasteiger partial charge in [0.1, 0.15) is 6.10 Å². The predicted octanol–water partition coefficient (Wildman–Crippen LogP) is 1.51. The van der Waals surface area contributed by atoms with E-state index in [0.717, 1.165) is 0 Å². The maximum Gasteiger partial charge on any atom is 0.345 e. The van der Waals surface area contributed by atoms with E-state index in [1.807, 2.05) is 6.92 Å². The molecule has 0 aliphatic carbocycles. The van der Waals surface area contributed by atoms with Gasteiger partial charge in [-0.2, -0.15) is 5.26 Å². The molecule has 0 heterocycles. The topological polar surface area (TPSA) is 72.8 Å². The normalized spacial score (nSPS) is 11.9. The van der Waals surface area contributed by atoms with Crippen LogP contribution in [0.5, 0.6) is 0 Å². The summed E-state index contributed by atoms with van der Waals surface area (Å²) in [6, 6.07) is 0. The fraction of sp³-hybridized carbons (Fsp3) is 0.778. The van der Waals surface area contributed by atoms with Gasteiger partial charge in [0.05, 0.1) is 6.42 Å². The minimum atomic E-state index is -0.791. The molecular formula is C9H16O5. The number of carbonyl (C=O) groups excluding carboxylic acids is 2. The fourth-order valence-electron chi connectivity index (χ4n) is 0.941. The van der Waals surface area contributed by atoms with Gasteiger partial charge in [-0.3, -0.25) is 4.79 Å². The third-order valence-electron chi connectivity index (χ3n) is 1.70. The molecule has 0 aliphatic heterocycles. The van der Waals surface area contributed by atoms with Crippen molar-refractivity contribution in [2.45, 2.75) is 45.6 Å². The molecule has 5 nitrogen and oxygen atoms in total. The highest BCUT2D eigenvalue weighted by Gasteiger charge is 2.17. The van der Waals surface area contributed by atoms with Crippen LogP contribution >= 0.6 is 0 Å². The van der Waals surface area contributed by atoms with Crippen LogP contribution in [-0.4, -0.2) is 23.3 Å². The summed E-state index contributed by atoms with van der Waals surface area (Å²) < 4.78 is 4.96. The number of carbonyl (C=O) groups is 2. The molecule has 0 saturated heterocycles. The lowest BCUT2D eigenvalue weighted by molar-refractivity contribution is -0.236. The van der Waals surface area contributed by atoms with E-state index in [2.05, 4.69) is 4.89 Å². The minimum Gasteiger partial charge on any atom is -0.462 e. The Labute approximate surface area is 82.9 Å². The van der Waals surface area contributed by atoms with Crippen molar-refractivity contribution < 1.29 is 24.5 Å². The van der Waals surface area contributed by atoms with Crippen LogP contribution in [0.4, 0.5) is 0 Å². The summed E-state index contributed by atoms with van der Waals surface area (Å²) in [7, 11) is 0. The first-order valence-corrected chi connectivity index (χ1v) is 4.67. The van der Waals surface area contributed by atoms with Crippen LogP contribution in [0.1, 0.15) is 39.5 Å². The van der Waals surface area contributed by atoms with E-state index in [9.17, 15) is 9.59 Å². The molecule has 1 N–H and O–H groups in total. The molecular weight excluding hydrogens is 188 g/mol. The van der Waals surface area contributed by atoms with Crippen molar-refractivity contribution in [1.29, 1.82) is 0 Å². The average Bonchev–Trinajstić information content (AvgIpc) is 2.16. The smallest absolute Gasteiger partial charge is 0.345 e. The van der Waals surface area contributed by atoms with Gasteiger partial charge < -0.3 is 9.62 Å². The molecule has 0 aromatic heterocycles. The minimum absolute atomic E-state index is 0.109. The highest BCUT2D eigenvalue weighted by molar-refractivity contribution is 5.72. The summed E-state index contributed by atoms with van der Waals surface area (Å²) >= 11 is 0. The quantitative estimate of drug-likeness (QED) is 0.403. The largest absolute Gasteiger partial charge is 0.462 e. The molecule has 0 aromatic carbocycles. The number of hydrogen-bond donors (Lipinski definition) is 1. The van der Waals surface area contributed by atoms with Crippen molar-refractivity contribution in [1.82, 2.24) is 0 Å². The zero-order valence-electron chi connectivity index (χ0n) is 8.49. The molecule has 0 fully saturated rings. The molecule has 5 heteroatoms. The van der Waals surface area contributed by atoms with Crippen LogP contribution in [0.25, 0.3) is 0 Å². The molecule has 0 amide bonds. The van der Waals surface area contributed by atoms with Gasteiger partial charge in [-0.05, 0) is 12.8 Å². The summed E-state index contributed by atoms with van der Waals surface area (Å²) in [4.78, 5) is 25.2. The third-order valence-corrected chi connectivity index (χ3v) is 1.70. The maximum atomic E-state index is 11.0. The molecule has 0 radical (unpaired) electrons. The van der Waals surface area contributed by atoms with Crippen LogP contribution in [0.2, 0.25) is 0 Å². The van der Waals surface area contributed by atoms with Crippen molar-refractivity contribution >= 4 is 11.9 Å².